The average Bonchev–Trinajstić information content (AvgIpc) is 2.27. The molecule has 0 radical (unpaired) electrons. The van der Waals surface area contributed by atoms with Crippen molar-refractivity contribution in [3.05, 3.63) is 0 Å². The molecule has 0 aromatic rings. The summed E-state index contributed by atoms with van der Waals surface area (Å²) >= 11 is 0. The highest BCUT2D eigenvalue weighted by Gasteiger charge is 2.42. The molecule has 14 heavy (non-hydrogen) atoms. The molecule has 1 aliphatic rings. The molecule has 0 aromatic carbocycles. The van der Waals surface area contributed by atoms with Gasteiger partial charge in [0.2, 0.25) is 0 Å². The van der Waals surface area contributed by atoms with Gasteiger partial charge in [0.15, 0.2) is 0 Å². The van der Waals surface area contributed by atoms with Gasteiger partial charge in [0, 0.05) is 6.54 Å². The molecule has 0 spiro atoms. The summed E-state index contributed by atoms with van der Waals surface area (Å²) in [7, 11) is 5.61. The Bertz CT molecular complexity index is 193. The number of likely N-dealkylation sites (N-methyl/N-ethyl adjacent to an activating group) is 2. The summed E-state index contributed by atoms with van der Waals surface area (Å²) < 4.78 is 0. The maximum absolute atomic E-state index is 11.1. The van der Waals surface area contributed by atoms with Gasteiger partial charge in [-0.3, -0.25) is 5.43 Å². The Labute approximate surface area is 85.2 Å². The molecule has 1 aliphatic heterocycles. The Kier molecular flexibility index (Phi) is 4.00. The molecule has 0 saturated carbocycles. The second-order valence-corrected chi connectivity index (χ2v) is 3.57. The molecule has 1 saturated heterocycles. The lowest BCUT2D eigenvalue weighted by molar-refractivity contribution is -0.120. The van der Waals surface area contributed by atoms with Gasteiger partial charge in [-0.2, -0.15) is 0 Å². The first-order valence-corrected chi connectivity index (χ1v) is 5.01. The molecular weight excluding hydrogens is 180 g/mol. The third-order valence-corrected chi connectivity index (χ3v) is 3.12. The molecule has 3 N–H and O–H groups in total. The second kappa shape index (κ2) is 4.84. The Morgan fingerprint density at radius 1 is 1.36 bits per heavy atom. The summed E-state index contributed by atoms with van der Waals surface area (Å²) in [5, 5.41) is 8.38. The highest BCUT2D eigenvalue weighted by molar-refractivity contribution is 5.60. The topological polar surface area (TPSA) is 56.4 Å². The van der Waals surface area contributed by atoms with Crippen molar-refractivity contribution in [2.24, 2.45) is 0 Å². The number of aldehydes is 1. The Balaban J connectivity index is 2.86. The van der Waals surface area contributed by atoms with Crippen molar-refractivity contribution in [3.63, 3.8) is 0 Å². The number of rotatable bonds is 4. The lowest BCUT2D eigenvalue weighted by Crippen LogP contribution is -2.71. The molecule has 5 nitrogen and oxygen atoms in total. The fraction of sp³-hybridized carbons (Fsp3) is 0.889. The van der Waals surface area contributed by atoms with Crippen molar-refractivity contribution in [1.29, 1.82) is 0 Å². The Morgan fingerprint density at radius 3 is 2.43 bits per heavy atom. The van der Waals surface area contributed by atoms with E-state index in [2.05, 4.69) is 16.1 Å². The van der Waals surface area contributed by atoms with Crippen LogP contribution in [-0.4, -0.2) is 50.7 Å². The van der Waals surface area contributed by atoms with E-state index < -0.39 is 0 Å². The monoisotopic (exact) mass is 200 g/mol. The first-order valence-electron chi connectivity index (χ1n) is 5.01. The van der Waals surface area contributed by atoms with Gasteiger partial charge in [-0.1, -0.05) is 0 Å². The number of hydrogen-bond donors (Lipinski definition) is 3. The lowest BCUT2D eigenvalue weighted by Gasteiger charge is -2.47. The summed E-state index contributed by atoms with van der Waals surface area (Å²) in [6, 6.07) is -0.170. The summed E-state index contributed by atoms with van der Waals surface area (Å²) in [5.41, 5.74) is 2.75. The number of hydrazine groups is 1. The molecule has 5 heteroatoms. The SMILES string of the molecule is CNN1CCCC(NC)(NC)C1C=O. The van der Waals surface area contributed by atoms with Crippen LogP contribution in [0.25, 0.3) is 0 Å². The predicted octanol–water partition coefficient (Wildman–Crippen LogP) is -1.08. The van der Waals surface area contributed by atoms with Crippen molar-refractivity contribution >= 4 is 6.29 Å². The molecule has 1 rings (SSSR count). The molecule has 1 heterocycles. The molecule has 0 bridgehead atoms. The number of hydrogen-bond acceptors (Lipinski definition) is 5. The quantitative estimate of drug-likeness (QED) is 0.398. The minimum Gasteiger partial charge on any atom is -0.301 e. The van der Waals surface area contributed by atoms with Gasteiger partial charge in [0.1, 0.15) is 12.3 Å². The fourth-order valence-electron chi connectivity index (χ4n) is 2.19. The summed E-state index contributed by atoms with van der Waals surface area (Å²) in [6.07, 6.45) is 3.01. The average molecular weight is 200 g/mol. The van der Waals surface area contributed by atoms with Crippen LogP contribution < -0.4 is 16.1 Å². The number of nitrogens with one attached hydrogen (secondary N) is 3. The van der Waals surface area contributed by atoms with E-state index in [4.69, 9.17) is 0 Å². The van der Waals surface area contributed by atoms with Crippen LogP contribution >= 0.6 is 0 Å². The molecule has 0 aliphatic carbocycles. The first kappa shape index (κ1) is 11.6. The van der Waals surface area contributed by atoms with Crippen LogP contribution in [0.4, 0.5) is 0 Å². The van der Waals surface area contributed by atoms with E-state index in [0.29, 0.717) is 0 Å². The normalized spacial score (nSPS) is 27.5. The van der Waals surface area contributed by atoms with E-state index in [1.807, 2.05) is 26.2 Å². The summed E-state index contributed by atoms with van der Waals surface area (Å²) in [6.45, 7) is 0.908. The zero-order valence-electron chi connectivity index (χ0n) is 9.13. The molecular formula is C9H20N4O. The van der Waals surface area contributed by atoms with Gasteiger partial charge >= 0.3 is 0 Å². The molecule has 82 valence electrons. The van der Waals surface area contributed by atoms with Gasteiger partial charge < -0.3 is 15.4 Å². The van der Waals surface area contributed by atoms with E-state index >= 15 is 0 Å². The standard InChI is InChI=1S/C9H20N4O/c1-10-9(11-2)5-4-6-13(12-3)8(9)7-14/h7-8,10-12H,4-6H2,1-3H3. The number of carbonyl (C=O) groups excluding carboxylic acids is 1. The van der Waals surface area contributed by atoms with Crippen molar-refractivity contribution in [3.8, 4) is 0 Å². The second-order valence-electron chi connectivity index (χ2n) is 3.57. The van der Waals surface area contributed by atoms with Gasteiger partial charge in [0.05, 0.1) is 5.66 Å². The zero-order valence-corrected chi connectivity index (χ0v) is 9.13. The zero-order chi connectivity index (χ0) is 10.6. The van der Waals surface area contributed by atoms with E-state index in [0.717, 1.165) is 25.7 Å². The highest BCUT2D eigenvalue weighted by Crippen LogP contribution is 2.22. The van der Waals surface area contributed by atoms with E-state index in [9.17, 15) is 4.79 Å². The van der Waals surface area contributed by atoms with Crippen LogP contribution in [0.5, 0.6) is 0 Å². The molecule has 1 fully saturated rings. The summed E-state index contributed by atoms with van der Waals surface area (Å²) in [5.74, 6) is 0. The number of nitrogens with zero attached hydrogens (tertiary/aromatic N) is 1. The smallest absolute Gasteiger partial charge is 0.141 e. The predicted molar refractivity (Wildman–Crippen MR) is 55.7 cm³/mol. The van der Waals surface area contributed by atoms with Crippen LogP contribution in [0.3, 0.4) is 0 Å². The summed E-state index contributed by atoms with van der Waals surface area (Å²) in [4.78, 5) is 11.1. The maximum Gasteiger partial charge on any atom is 0.141 e. The van der Waals surface area contributed by atoms with E-state index in [-0.39, 0.29) is 11.7 Å². The Hall–Kier alpha value is -0.490. The third-order valence-electron chi connectivity index (χ3n) is 3.12. The largest absolute Gasteiger partial charge is 0.301 e. The van der Waals surface area contributed by atoms with Crippen molar-refractivity contribution < 1.29 is 4.79 Å². The highest BCUT2D eigenvalue weighted by atomic mass is 16.1. The van der Waals surface area contributed by atoms with Crippen molar-refractivity contribution in [2.75, 3.05) is 27.7 Å². The van der Waals surface area contributed by atoms with E-state index in [1.54, 1.807) is 0 Å². The molecule has 1 unspecified atom stereocenters. The van der Waals surface area contributed by atoms with Crippen LogP contribution in [0.1, 0.15) is 12.8 Å². The first-order chi connectivity index (χ1) is 6.74. The van der Waals surface area contributed by atoms with Gasteiger partial charge in [-0.15, -0.1) is 0 Å². The number of carbonyl (C=O) groups is 1. The minimum atomic E-state index is -0.303. The van der Waals surface area contributed by atoms with Crippen molar-refractivity contribution in [1.82, 2.24) is 21.1 Å². The molecule has 0 aromatic heterocycles. The van der Waals surface area contributed by atoms with Crippen molar-refractivity contribution in [2.45, 2.75) is 24.5 Å². The Morgan fingerprint density at radius 2 is 2.00 bits per heavy atom. The van der Waals surface area contributed by atoms with Crippen LogP contribution in [0.2, 0.25) is 0 Å². The molecule has 0 amide bonds. The number of piperidine rings is 1. The van der Waals surface area contributed by atoms with Crippen LogP contribution in [-0.2, 0) is 4.79 Å². The van der Waals surface area contributed by atoms with Gasteiger partial charge in [-0.05, 0) is 34.0 Å². The fourth-order valence-corrected chi connectivity index (χ4v) is 2.19. The third kappa shape index (κ3) is 1.81. The van der Waals surface area contributed by atoms with Gasteiger partial charge in [0.25, 0.3) is 0 Å². The van der Waals surface area contributed by atoms with E-state index in [1.165, 1.54) is 0 Å². The van der Waals surface area contributed by atoms with Gasteiger partial charge in [-0.25, -0.2) is 5.01 Å². The minimum absolute atomic E-state index is 0.170. The van der Waals surface area contributed by atoms with Crippen LogP contribution in [0.15, 0.2) is 0 Å². The lowest BCUT2D eigenvalue weighted by atomic mass is 9.91. The van der Waals surface area contributed by atoms with Crippen LogP contribution in [0, 0.1) is 0 Å². The molecule has 1 atom stereocenters. The maximum atomic E-state index is 11.1.